The van der Waals surface area contributed by atoms with Crippen LogP contribution in [0, 0.1) is 5.92 Å². The predicted molar refractivity (Wildman–Crippen MR) is 78.6 cm³/mol. The molecule has 0 spiro atoms. The highest BCUT2D eigenvalue weighted by atomic mass is 16.5. The number of hydrogen-bond acceptors (Lipinski definition) is 5. The molecule has 1 saturated carbocycles. The Hall–Kier alpha value is -1.20. The molecule has 2 atom stereocenters. The third kappa shape index (κ3) is 3.10. The summed E-state index contributed by atoms with van der Waals surface area (Å²) in [5.41, 5.74) is 0.532. The minimum absolute atomic E-state index is 0.354. The van der Waals surface area contributed by atoms with Crippen molar-refractivity contribution in [1.29, 1.82) is 0 Å². The lowest BCUT2D eigenvalue weighted by molar-refractivity contribution is -0.0648. The maximum Gasteiger partial charge on any atom is 0.162 e. The topological polar surface area (TPSA) is 56.3 Å². The largest absolute Gasteiger partial charge is 0.378 e. The highest BCUT2D eigenvalue weighted by Crippen LogP contribution is 2.41. The summed E-state index contributed by atoms with van der Waals surface area (Å²) in [7, 11) is 5.31. The molecular formula is C15H25N3O2. The van der Waals surface area contributed by atoms with Crippen LogP contribution in [0.25, 0.3) is 0 Å². The van der Waals surface area contributed by atoms with Crippen LogP contribution in [0.3, 0.4) is 0 Å². The zero-order valence-corrected chi connectivity index (χ0v) is 12.9. The average molecular weight is 279 g/mol. The lowest BCUT2D eigenvalue weighted by atomic mass is 9.78. The molecule has 0 radical (unpaired) electrons. The summed E-state index contributed by atoms with van der Waals surface area (Å²) in [5, 5.41) is 3.10. The Morgan fingerprint density at radius 3 is 2.80 bits per heavy atom. The number of aromatic nitrogens is 2. The molecule has 0 aliphatic heterocycles. The summed E-state index contributed by atoms with van der Waals surface area (Å²) in [6.45, 7) is 2.75. The smallest absolute Gasteiger partial charge is 0.162 e. The first kappa shape index (κ1) is 15.2. The first-order valence-electron chi connectivity index (χ1n) is 7.24. The zero-order valence-electron chi connectivity index (χ0n) is 12.9. The van der Waals surface area contributed by atoms with E-state index in [0.717, 1.165) is 36.6 Å². The minimum Gasteiger partial charge on any atom is -0.378 e. The second kappa shape index (κ2) is 6.50. The molecule has 1 aromatic heterocycles. The predicted octanol–water partition coefficient (Wildman–Crippen LogP) is 2.72. The number of anilines is 1. The molecule has 1 aliphatic carbocycles. The molecule has 0 aromatic carbocycles. The molecule has 1 aliphatic rings. The maximum absolute atomic E-state index is 5.87. The lowest BCUT2D eigenvalue weighted by Crippen LogP contribution is -2.36. The summed E-state index contributed by atoms with van der Waals surface area (Å²) < 4.78 is 11.1. The summed E-state index contributed by atoms with van der Waals surface area (Å²) in [5.74, 6) is 2.23. The van der Waals surface area contributed by atoms with Gasteiger partial charge in [-0.2, -0.15) is 0 Å². The van der Waals surface area contributed by atoms with E-state index < -0.39 is 0 Å². The van der Waals surface area contributed by atoms with Crippen LogP contribution >= 0.6 is 0 Å². The second-order valence-electron chi connectivity index (χ2n) is 5.65. The van der Waals surface area contributed by atoms with Crippen LogP contribution < -0.4 is 5.32 Å². The molecule has 1 aromatic rings. The van der Waals surface area contributed by atoms with E-state index in [4.69, 9.17) is 9.47 Å². The fourth-order valence-electron chi connectivity index (χ4n) is 3.03. The van der Waals surface area contributed by atoms with Gasteiger partial charge >= 0.3 is 0 Å². The summed E-state index contributed by atoms with van der Waals surface area (Å²) in [6.07, 6.45) is 4.36. The van der Waals surface area contributed by atoms with Gasteiger partial charge in [0.25, 0.3) is 0 Å². The van der Waals surface area contributed by atoms with Crippen molar-refractivity contribution in [2.75, 3.05) is 26.6 Å². The van der Waals surface area contributed by atoms with Crippen LogP contribution in [0.5, 0.6) is 0 Å². The molecule has 1 N–H and O–H groups in total. The van der Waals surface area contributed by atoms with Crippen LogP contribution in [0.15, 0.2) is 6.07 Å². The molecule has 1 heterocycles. The Kier molecular flexibility index (Phi) is 4.94. The van der Waals surface area contributed by atoms with Crippen molar-refractivity contribution in [2.45, 2.75) is 44.8 Å². The standard InChI is InChI=1S/C15H25N3O2/c1-11-6-5-7-15(9-11,20-4)14-17-12(10-19-3)8-13(16-2)18-14/h8,11H,5-7,9-10H2,1-4H3,(H,16,17,18). The van der Waals surface area contributed by atoms with Gasteiger partial charge in [-0.05, 0) is 25.2 Å². The molecule has 20 heavy (non-hydrogen) atoms. The van der Waals surface area contributed by atoms with E-state index in [-0.39, 0.29) is 5.60 Å². The number of rotatable bonds is 5. The van der Waals surface area contributed by atoms with E-state index in [1.807, 2.05) is 13.1 Å². The van der Waals surface area contributed by atoms with Crippen molar-refractivity contribution >= 4 is 5.82 Å². The third-order valence-electron chi connectivity index (χ3n) is 4.08. The summed E-state index contributed by atoms with van der Waals surface area (Å²) >= 11 is 0. The fourth-order valence-corrected chi connectivity index (χ4v) is 3.03. The first-order valence-corrected chi connectivity index (χ1v) is 7.24. The number of methoxy groups -OCH3 is 2. The minimum atomic E-state index is -0.354. The van der Waals surface area contributed by atoms with Crippen molar-refractivity contribution in [3.05, 3.63) is 17.6 Å². The van der Waals surface area contributed by atoms with Gasteiger partial charge in [-0.15, -0.1) is 0 Å². The zero-order chi connectivity index (χ0) is 14.6. The highest BCUT2D eigenvalue weighted by molar-refractivity contribution is 5.36. The first-order chi connectivity index (χ1) is 9.63. The van der Waals surface area contributed by atoms with Crippen molar-refractivity contribution in [1.82, 2.24) is 9.97 Å². The number of nitrogens with one attached hydrogen (secondary N) is 1. The van der Waals surface area contributed by atoms with Crippen molar-refractivity contribution in [2.24, 2.45) is 5.92 Å². The Bertz CT molecular complexity index is 453. The Labute approximate surface area is 121 Å². The van der Waals surface area contributed by atoms with E-state index in [0.29, 0.717) is 12.5 Å². The molecule has 0 saturated heterocycles. The van der Waals surface area contributed by atoms with Gasteiger partial charge in [0.1, 0.15) is 11.4 Å². The van der Waals surface area contributed by atoms with Crippen LogP contribution in [0.2, 0.25) is 0 Å². The maximum atomic E-state index is 5.87. The monoisotopic (exact) mass is 279 g/mol. The summed E-state index contributed by atoms with van der Waals surface area (Å²) in [6, 6.07) is 1.92. The van der Waals surface area contributed by atoms with Gasteiger partial charge in [0.15, 0.2) is 5.82 Å². The van der Waals surface area contributed by atoms with Gasteiger partial charge in [0.05, 0.1) is 12.3 Å². The molecule has 1 fully saturated rings. The second-order valence-corrected chi connectivity index (χ2v) is 5.65. The van der Waals surface area contributed by atoms with Gasteiger partial charge in [-0.3, -0.25) is 0 Å². The van der Waals surface area contributed by atoms with Gasteiger partial charge in [-0.25, -0.2) is 9.97 Å². The molecular weight excluding hydrogens is 254 g/mol. The molecule has 2 unspecified atom stereocenters. The molecule has 112 valence electrons. The number of ether oxygens (including phenoxy) is 2. The van der Waals surface area contributed by atoms with E-state index in [9.17, 15) is 0 Å². The molecule has 2 rings (SSSR count). The van der Waals surface area contributed by atoms with Gasteiger partial charge < -0.3 is 14.8 Å². The summed E-state index contributed by atoms with van der Waals surface area (Å²) in [4.78, 5) is 9.30. The number of nitrogens with zero attached hydrogens (tertiary/aromatic N) is 2. The average Bonchev–Trinajstić information content (AvgIpc) is 2.47. The normalized spacial score (nSPS) is 26.5. The molecule has 0 amide bonds. The van der Waals surface area contributed by atoms with Crippen molar-refractivity contribution in [3.63, 3.8) is 0 Å². The lowest BCUT2D eigenvalue weighted by Gasteiger charge is -2.37. The van der Waals surface area contributed by atoms with E-state index in [2.05, 4.69) is 22.2 Å². The third-order valence-corrected chi connectivity index (χ3v) is 4.08. The van der Waals surface area contributed by atoms with Gasteiger partial charge in [0.2, 0.25) is 0 Å². The van der Waals surface area contributed by atoms with Crippen LogP contribution in [0.4, 0.5) is 5.82 Å². The van der Waals surface area contributed by atoms with E-state index in [1.54, 1.807) is 14.2 Å². The Balaban J connectivity index is 2.39. The quantitative estimate of drug-likeness (QED) is 0.898. The van der Waals surface area contributed by atoms with E-state index in [1.165, 1.54) is 6.42 Å². The highest BCUT2D eigenvalue weighted by Gasteiger charge is 2.39. The van der Waals surface area contributed by atoms with Crippen LogP contribution in [0.1, 0.15) is 44.1 Å². The number of hydrogen-bond donors (Lipinski definition) is 1. The van der Waals surface area contributed by atoms with Gasteiger partial charge in [-0.1, -0.05) is 13.3 Å². The van der Waals surface area contributed by atoms with Crippen LogP contribution in [-0.4, -0.2) is 31.2 Å². The molecule has 5 nitrogen and oxygen atoms in total. The van der Waals surface area contributed by atoms with Gasteiger partial charge in [0, 0.05) is 27.3 Å². The van der Waals surface area contributed by atoms with Crippen LogP contribution in [-0.2, 0) is 21.7 Å². The SMILES string of the molecule is CNc1cc(COC)nc(C2(OC)CCCC(C)C2)n1. The van der Waals surface area contributed by atoms with Crippen molar-refractivity contribution in [3.8, 4) is 0 Å². The van der Waals surface area contributed by atoms with E-state index >= 15 is 0 Å². The van der Waals surface area contributed by atoms with Crippen molar-refractivity contribution < 1.29 is 9.47 Å². The Morgan fingerprint density at radius 1 is 1.40 bits per heavy atom. The molecule has 0 bridgehead atoms. The Morgan fingerprint density at radius 2 is 2.20 bits per heavy atom. The molecule has 5 heteroatoms. The fraction of sp³-hybridized carbons (Fsp3) is 0.733.